The van der Waals surface area contributed by atoms with Gasteiger partial charge in [-0.15, -0.1) is 11.3 Å². The van der Waals surface area contributed by atoms with Crippen LogP contribution in [0.25, 0.3) is 11.0 Å². The van der Waals surface area contributed by atoms with Gasteiger partial charge in [0, 0.05) is 0 Å². The maximum atomic E-state index is 12.6. The number of carbonyl (C=O) groups is 2. The quantitative estimate of drug-likeness (QED) is 0.602. The highest BCUT2D eigenvalue weighted by Crippen LogP contribution is 2.27. The normalized spacial score (nSPS) is 10.9. The van der Waals surface area contributed by atoms with Gasteiger partial charge in [-0.1, -0.05) is 12.1 Å². The van der Waals surface area contributed by atoms with Crippen LogP contribution < -0.4 is 5.32 Å². The summed E-state index contributed by atoms with van der Waals surface area (Å²) in [7, 11) is 0. The van der Waals surface area contributed by atoms with E-state index in [0.717, 1.165) is 28.2 Å². The number of aromatic nitrogens is 2. The summed E-state index contributed by atoms with van der Waals surface area (Å²) in [6.45, 7) is 4.09. The number of carbonyl (C=O) groups excluding carboxylic acids is 2. The standard InChI is InChI=1S/C19H21N3O3S2/c1-4-25-19(24)18-12(2)9-17(27-18)21-16(23)10-22-14-8-6-5-7-13(14)20-15(22)11-26-3/h5-9H,4,10-11H2,1-3H3,(H,21,23). The molecule has 0 spiro atoms. The number of nitrogens with one attached hydrogen (secondary N) is 1. The second-order valence-corrected chi connectivity index (χ2v) is 7.85. The summed E-state index contributed by atoms with van der Waals surface area (Å²) >= 11 is 2.90. The molecule has 0 atom stereocenters. The average Bonchev–Trinajstić information content (AvgIpc) is 3.16. The third-order valence-electron chi connectivity index (χ3n) is 3.95. The van der Waals surface area contributed by atoms with E-state index < -0.39 is 0 Å². The lowest BCUT2D eigenvalue weighted by molar-refractivity contribution is -0.116. The zero-order chi connectivity index (χ0) is 19.4. The molecule has 0 aliphatic heterocycles. The lowest BCUT2D eigenvalue weighted by Gasteiger charge is -2.08. The molecule has 1 aromatic carbocycles. The molecule has 2 aromatic heterocycles. The van der Waals surface area contributed by atoms with Gasteiger partial charge < -0.3 is 14.6 Å². The maximum Gasteiger partial charge on any atom is 0.348 e. The van der Waals surface area contributed by atoms with Crippen LogP contribution in [-0.2, 0) is 21.8 Å². The number of ether oxygens (including phenoxy) is 1. The zero-order valence-corrected chi connectivity index (χ0v) is 17.1. The third kappa shape index (κ3) is 4.33. The minimum Gasteiger partial charge on any atom is -0.462 e. The fourth-order valence-corrected chi connectivity index (χ4v) is 4.27. The number of amides is 1. The fraction of sp³-hybridized carbons (Fsp3) is 0.316. The highest BCUT2D eigenvalue weighted by atomic mass is 32.2. The molecule has 0 aliphatic rings. The van der Waals surface area contributed by atoms with Gasteiger partial charge in [-0.05, 0) is 43.9 Å². The number of esters is 1. The van der Waals surface area contributed by atoms with Gasteiger partial charge in [0.15, 0.2) is 0 Å². The van der Waals surface area contributed by atoms with E-state index in [9.17, 15) is 9.59 Å². The predicted octanol–water partition coefficient (Wildman–Crippen LogP) is 4.08. The Hall–Kier alpha value is -2.32. The Morgan fingerprint density at radius 1 is 1.33 bits per heavy atom. The van der Waals surface area contributed by atoms with Crippen molar-refractivity contribution in [3.63, 3.8) is 0 Å². The zero-order valence-electron chi connectivity index (χ0n) is 15.4. The van der Waals surface area contributed by atoms with Gasteiger partial charge in [-0.25, -0.2) is 9.78 Å². The molecule has 1 amide bonds. The fourth-order valence-electron chi connectivity index (χ4n) is 2.80. The molecule has 8 heteroatoms. The summed E-state index contributed by atoms with van der Waals surface area (Å²) < 4.78 is 6.99. The van der Waals surface area contributed by atoms with Gasteiger partial charge in [0.2, 0.25) is 5.91 Å². The molecule has 2 heterocycles. The molecule has 3 rings (SSSR count). The van der Waals surface area contributed by atoms with Crippen molar-refractivity contribution in [3.05, 3.63) is 46.6 Å². The first-order chi connectivity index (χ1) is 13.0. The molecule has 0 radical (unpaired) electrons. The van der Waals surface area contributed by atoms with Crippen LogP contribution in [0.1, 0.15) is 28.0 Å². The Balaban J connectivity index is 1.79. The summed E-state index contributed by atoms with van der Waals surface area (Å²) in [5, 5.41) is 3.52. The third-order valence-corrected chi connectivity index (χ3v) is 5.63. The number of anilines is 1. The summed E-state index contributed by atoms with van der Waals surface area (Å²) in [5.74, 6) is 1.08. The van der Waals surface area contributed by atoms with Gasteiger partial charge in [-0.2, -0.15) is 11.8 Å². The Kier molecular flexibility index (Phi) is 6.18. The number of hydrogen-bond donors (Lipinski definition) is 1. The van der Waals surface area contributed by atoms with Crippen molar-refractivity contribution in [2.24, 2.45) is 0 Å². The van der Waals surface area contributed by atoms with Crippen LogP contribution in [0.5, 0.6) is 0 Å². The molecule has 6 nitrogen and oxygen atoms in total. The van der Waals surface area contributed by atoms with Crippen LogP contribution in [0.15, 0.2) is 30.3 Å². The largest absolute Gasteiger partial charge is 0.462 e. The number of nitrogens with zero attached hydrogens (tertiary/aromatic N) is 2. The number of benzene rings is 1. The second-order valence-electron chi connectivity index (χ2n) is 5.93. The minimum atomic E-state index is -0.358. The Morgan fingerprint density at radius 3 is 2.85 bits per heavy atom. The van der Waals surface area contributed by atoms with Crippen LogP contribution in [0.2, 0.25) is 0 Å². The first-order valence-corrected chi connectivity index (χ1v) is 10.7. The van der Waals surface area contributed by atoms with E-state index >= 15 is 0 Å². The molecule has 0 saturated heterocycles. The number of rotatable bonds is 7. The molecule has 0 fully saturated rings. The summed E-state index contributed by atoms with van der Waals surface area (Å²) in [4.78, 5) is 29.7. The maximum absolute atomic E-state index is 12.6. The molecular weight excluding hydrogens is 382 g/mol. The van der Waals surface area contributed by atoms with E-state index in [1.54, 1.807) is 24.8 Å². The average molecular weight is 404 g/mol. The molecule has 0 aliphatic carbocycles. The van der Waals surface area contributed by atoms with Crippen LogP contribution in [0, 0.1) is 6.92 Å². The topological polar surface area (TPSA) is 73.2 Å². The van der Waals surface area contributed by atoms with Crippen molar-refractivity contribution in [3.8, 4) is 0 Å². The lowest BCUT2D eigenvalue weighted by Crippen LogP contribution is -2.19. The van der Waals surface area contributed by atoms with E-state index in [4.69, 9.17) is 4.74 Å². The highest BCUT2D eigenvalue weighted by molar-refractivity contribution is 7.97. The van der Waals surface area contributed by atoms with E-state index in [1.807, 2.05) is 42.0 Å². The van der Waals surface area contributed by atoms with E-state index in [2.05, 4.69) is 10.3 Å². The first kappa shape index (κ1) is 19.4. The number of thioether (sulfide) groups is 1. The summed E-state index contributed by atoms with van der Waals surface area (Å²) in [6, 6.07) is 9.59. The predicted molar refractivity (Wildman–Crippen MR) is 111 cm³/mol. The monoisotopic (exact) mass is 403 g/mol. The second kappa shape index (κ2) is 8.58. The number of hydrogen-bond acceptors (Lipinski definition) is 6. The highest BCUT2D eigenvalue weighted by Gasteiger charge is 2.17. The molecule has 0 unspecified atom stereocenters. The van der Waals surface area contributed by atoms with Crippen LogP contribution in [-0.4, -0.2) is 34.3 Å². The summed E-state index contributed by atoms with van der Waals surface area (Å²) in [6.07, 6.45) is 2.01. The van der Waals surface area contributed by atoms with Crippen molar-refractivity contribution >= 4 is 51.0 Å². The number of para-hydroxylation sites is 2. The van der Waals surface area contributed by atoms with Gasteiger partial charge in [0.25, 0.3) is 0 Å². The smallest absolute Gasteiger partial charge is 0.348 e. The molecule has 0 bridgehead atoms. The van der Waals surface area contributed by atoms with Crippen molar-refractivity contribution in [1.82, 2.24) is 9.55 Å². The molecule has 27 heavy (non-hydrogen) atoms. The van der Waals surface area contributed by atoms with E-state index in [1.165, 1.54) is 11.3 Å². The number of fused-ring (bicyclic) bond motifs is 1. The molecule has 3 aromatic rings. The number of thiophene rings is 1. The number of imidazole rings is 1. The lowest BCUT2D eigenvalue weighted by atomic mass is 10.3. The molecule has 0 saturated carbocycles. The Labute approximate surface area is 165 Å². The van der Waals surface area contributed by atoms with Crippen molar-refractivity contribution < 1.29 is 14.3 Å². The van der Waals surface area contributed by atoms with E-state index in [0.29, 0.717) is 16.5 Å². The van der Waals surface area contributed by atoms with Crippen molar-refractivity contribution in [2.45, 2.75) is 26.1 Å². The van der Waals surface area contributed by atoms with Crippen molar-refractivity contribution in [1.29, 1.82) is 0 Å². The van der Waals surface area contributed by atoms with Gasteiger partial charge in [-0.3, -0.25) is 4.79 Å². The molecular formula is C19H21N3O3S2. The number of aryl methyl sites for hydroxylation is 1. The SMILES string of the molecule is CCOC(=O)c1sc(NC(=O)Cn2c(CSC)nc3ccccc32)cc1C. The van der Waals surface area contributed by atoms with E-state index in [-0.39, 0.29) is 18.4 Å². The van der Waals surface area contributed by atoms with Gasteiger partial charge >= 0.3 is 5.97 Å². The van der Waals surface area contributed by atoms with Gasteiger partial charge in [0.1, 0.15) is 17.2 Å². The first-order valence-electron chi connectivity index (χ1n) is 8.54. The van der Waals surface area contributed by atoms with Crippen LogP contribution in [0.3, 0.4) is 0 Å². The van der Waals surface area contributed by atoms with Gasteiger partial charge in [0.05, 0.1) is 28.4 Å². The van der Waals surface area contributed by atoms with Crippen LogP contribution >= 0.6 is 23.1 Å². The molecule has 142 valence electrons. The Morgan fingerprint density at radius 2 is 2.11 bits per heavy atom. The molecule has 1 N–H and O–H groups in total. The summed E-state index contributed by atoms with van der Waals surface area (Å²) in [5.41, 5.74) is 2.61. The van der Waals surface area contributed by atoms with Crippen molar-refractivity contribution in [2.75, 3.05) is 18.2 Å². The minimum absolute atomic E-state index is 0.155. The Bertz CT molecular complexity index is 978. The van der Waals surface area contributed by atoms with Crippen LogP contribution in [0.4, 0.5) is 5.00 Å².